The van der Waals surface area contributed by atoms with Gasteiger partial charge in [-0.2, -0.15) is 0 Å². The van der Waals surface area contributed by atoms with Crippen molar-refractivity contribution in [3.8, 4) is 11.8 Å². The van der Waals surface area contributed by atoms with Crippen LogP contribution in [-0.2, 0) is 11.3 Å². The number of methoxy groups -OCH3 is 1. The average Bonchev–Trinajstić information content (AvgIpc) is 3.12. The van der Waals surface area contributed by atoms with E-state index >= 15 is 0 Å². The molecule has 4 rings (SSSR count). The molecule has 3 atom stereocenters. The third-order valence-electron chi connectivity index (χ3n) is 5.35. The minimum atomic E-state index is 0.228. The van der Waals surface area contributed by atoms with E-state index < -0.39 is 0 Å². The largest absolute Gasteiger partial charge is 0.497 e. The standard InChI is InChI=1S/C20H25N3O3/c1-24-17-6-3-15(4-7-17)13-23-11-12-25-19-16(5-8-18(19)23)14-26-20-21-9-2-10-22-20/h2-4,6-7,9-10,16,18-19H,5,8,11-14H2,1H3/t16-,18-,19-/m1/s1. The van der Waals surface area contributed by atoms with E-state index in [9.17, 15) is 0 Å². The molecule has 0 amide bonds. The lowest BCUT2D eigenvalue weighted by Gasteiger charge is -2.39. The molecular weight excluding hydrogens is 330 g/mol. The lowest BCUT2D eigenvalue weighted by molar-refractivity contribution is -0.0819. The number of hydrogen-bond acceptors (Lipinski definition) is 6. The molecule has 26 heavy (non-hydrogen) atoms. The van der Waals surface area contributed by atoms with E-state index in [1.165, 1.54) is 5.56 Å². The number of nitrogens with zero attached hydrogens (tertiary/aromatic N) is 3. The van der Waals surface area contributed by atoms with Gasteiger partial charge in [0, 0.05) is 37.4 Å². The third kappa shape index (κ3) is 3.81. The molecule has 1 aliphatic heterocycles. The molecule has 0 spiro atoms. The van der Waals surface area contributed by atoms with Crippen LogP contribution in [0.15, 0.2) is 42.7 Å². The van der Waals surface area contributed by atoms with Crippen molar-refractivity contribution in [2.75, 3.05) is 26.9 Å². The molecule has 1 aliphatic carbocycles. The highest BCUT2D eigenvalue weighted by molar-refractivity contribution is 5.27. The zero-order valence-corrected chi connectivity index (χ0v) is 15.1. The predicted octanol–water partition coefficient (Wildman–Crippen LogP) is 2.54. The van der Waals surface area contributed by atoms with Crippen LogP contribution in [0.25, 0.3) is 0 Å². The summed E-state index contributed by atoms with van der Waals surface area (Å²) in [5.74, 6) is 1.29. The summed E-state index contributed by atoms with van der Waals surface area (Å²) in [7, 11) is 1.70. The SMILES string of the molecule is COc1ccc(CN2CCO[C@@H]3[C@@H](COc4ncccn4)CC[C@H]32)cc1. The fourth-order valence-corrected chi connectivity index (χ4v) is 4.02. The monoisotopic (exact) mass is 355 g/mol. The van der Waals surface area contributed by atoms with E-state index in [2.05, 4.69) is 27.0 Å². The van der Waals surface area contributed by atoms with Crippen molar-refractivity contribution in [2.45, 2.75) is 31.5 Å². The maximum absolute atomic E-state index is 6.12. The Morgan fingerprint density at radius 3 is 2.73 bits per heavy atom. The van der Waals surface area contributed by atoms with Crippen LogP contribution in [-0.4, -0.2) is 53.9 Å². The summed E-state index contributed by atoms with van der Waals surface area (Å²) in [6.07, 6.45) is 5.89. The molecule has 1 saturated carbocycles. The van der Waals surface area contributed by atoms with Crippen LogP contribution < -0.4 is 9.47 Å². The zero-order chi connectivity index (χ0) is 17.8. The summed E-state index contributed by atoms with van der Waals surface area (Å²) in [6, 6.07) is 11.0. The summed E-state index contributed by atoms with van der Waals surface area (Å²) >= 11 is 0. The van der Waals surface area contributed by atoms with E-state index in [0.717, 1.165) is 38.3 Å². The molecule has 138 valence electrons. The highest BCUT2D eigenvalue weighted by atomic mass is 16.5. The average molecular weight is 355 g/mol. The van der Waals surface area contributed by atoms with Crippen molar-refractivity contribution >= 4 is 0 Å². The quantitative estimate of drug-likeness (QED) is 0.794. The molecule has 2 fully saturated rings. The van der Waals surface area contributed by atoms with Gasteiger partial charge in [0.15, 0.2) is 0 Å². The third-order valence-corrected chi connectivity index (χ3v) is 5.35. The highest BCUT2D eigenvalue weighted by Crippen LogP contribution is 2.35. The Balaban J connectivity index is 1.36. The van der Waals surface area contributed by atoms with Crippen molar-refractivity contribution in [1.82, 2.24) is 14.9 Å². The van der Waals surface area contributed by atoms with Gasteiger partial charge in [-0.25, -0.2) is 9.97 Å². The Labute approximate surface area is 154 Å². The van der Waals surface area contributed by atoms with Gasteiger partial charge < -0.3 is 14.2 Å². The number of ether oxygens (including phenoxy) is 3. The summed E-state index contributed by atoms with van der Waals surface area (Å²) in [4.78, 5) is 10.8. The molecule has 0 unspecified atom stereocenters. The normalized spacial score (nSPS) is 25.7. The van der Waals surface area contributed by atoms with Crippen LogP contribution in [0.5, 0.6) is 11.8 Å². The molecule has 0 bridgehead atoms. The molecule has 1 aromatic heterocycles. The smallest absolute Gasteiger partial charge is 0.316 e. The first kappa shape index (κ1) is 17.2. The molecule has 0 radical (unpaired) electrons. The fraction of sp³-hybridized carbons (Fsp3) is 0.500. The second-order valence-corrected chi connectivity index (χ2v) is 6.90. The second-order valence-electron chi connectivity index (χ2n) is 6.90. The summed E-state index contributed by atoms with van der Waals surface area (Å²) in [5.41, 5.74) is 1.31. The van der Waals surface area contributed by atoms with Gasteiger partial charge in [-0.1, -0.05) is 12.1 Å². The van der Waals surface area contributed by atoms with E-state index in [1.807, 2.05) is 12.1 Å². The molecule has 0 N–H and O–H groups in total. The molecule has 6 heteroatoms. The van der Waals surface area contributed by atoms with Crippen LogP contribution in [0, 0.1) is 5.92 Å². The van der Waals surface area contributed by atoms with Gasteiger partial charge in [0.1, 0.15) is 5.75 Å². The minimum Gasteiger partial charge on any atom is -0.497 e. The predicted molar refractivity (Wildman–Crippen MR) is 97.2 cm³/mol. The number of aromatic nitrogens is 2. The van der Waals surface area contributed by atoms with Gasteiger partial charge in [0.05, 0.1) is 26.4 Å². The van der Waals surface area contributed by atoms with Crippen molar-refractivity contribution < 1.29 is 14.2 Å². The van der Waals surface area contributed by atoms with Crippen LogP contribution in [0.3, 0.4) is 0 Å². The van der Waals surface area contributed by atoms with E-state index in [4.69, 9.17) is 14.2 Å². The van der Waals surface area contributed by atoms with Crippen LogP contribution >= 0.6 is 0 Å². The van der Waals surface area contributed by atoms with Gasteiger partial charge in [-0.15, -0.1) is 0 Å². The van der Waals surface area contributed by atoms with Crippen LogP contribution in [0.2, 0.25) is 0 Å². The molecule has 2 aliphatic rings. The molecule has 6 nitrogen and oxygen atoms in total. The Bertz CT molecular complexity index is 695. The first-order valence-electron chi connectivity index (χ1n) is 9.22. The Hall–Kier alpha value is -2.18. The van der Waals surface area contributed by atoms with E-state index in [0.29, 0.717) is 24.6 Å². The summed E-state index contributed by atoms with van der Waals surface area (Å²) in [6.45, 7) is 3.31. The van der Waals surface area contributed by atoms with Crippen molar-refractivity contribution in [3.63, 3.8) is 0 Å². The Kier molecular flexibility index (Phi) is 5.32. The maximum atomic E-state index is 6.12. The number of hydrogen-bond donors (Lipinski definition) is 0. The maximum Gasteiger partial charge on any atom is 0.316 e. The van der Waals surface area contributed by atoms with Crippen molar-refractivity contribution in [2.24, 2.45) is 5.92 Å². The molecule has 1 aromatic carbocycles. The molecule has 2 heterocycles. The summed E-state index contributed by atoms with van der Waals surface area (Å²) < 4.78 is 17.2. The van der Waals surface area contributed by atoms with Gasteiger partial charge in [-0.05, 0) is 36.6 Å². The first-order valence-corrected chi connectivity index (χ1v) is 9.22. The second kappa shape index (κ2) is 8.01. The minimum absolute atomic E-state index is 0.228. The Morgan fingerprint density at radius 1 is 1.15 bits per heavy atom. The zero-order valence-electron chi connectivity index (χ0n) is 15.1. The van der Waals surface area contributed by atoms with E-state index in [-0.39, 0.29) is 6.10 Å². The molecular formula is C20H25N3O3. The number of benzene rings is 1. The first-order chi connectivity index (χ1) is 12.8. The van der Waals surface area contributed by atoms with E-state index in [1.54, 1.807) is 25.6 Å². The fourth-order valence-electron chi connectivity index (χ4n) is 4.02. The number of morpholine rings is 1. The lowest BCUT2D eigenvalue weighted by atomic mass is 10.0. The number of rotatable bonds is 6. The highest BCUT2D eigenvalue weighted by Gasteiger charge is 2.42. The van der Waals surface area contributed by atoms with Crippen LogP contribution in [0.4, 0.5) is 0 Å². The lowest BCUT2D eigenvalue weighted by Crippen LogP contribution is -2.50. The van der Waals surface area contributed by atoms with Crippen LogP contribution in [0.1, 0.15) is 18.4 Å². The van der Waals surface area contributed by atoms with Crippen molar-refractivity contribution in [3.05, 3.63) is 48.3 Å². The van der Waals surface area contributed by atoms with Gasteiger partial charge in [0.25, 0.3) is 0 Å². The Morgan fingerprint density at radius 2 is 1.96 bits per heavy atom. The summed E-state index contributed by atoms with van der Waals surface area (Å²) in [5, 5.41) is 0. The van der Waals surface area contributed by atoms with Gasteiger partial charge >= 0.3 is 6.01 Å². The van der Waals surface area contributed by atoms with Crippen molar-refractivity contribution in [1.29, 1.82) is 0 Å². The van der Waals surface area contributed by atoms with Gasteiger partial charge in [0.2, 0.25) is 0 Å². The van der Waals surface area contributed by atoms with Gasteiger partial charge in [-0.3, -0.25) is 4.90 Å². The number of fused-ring (bicyclic) bond motifs is 1. The topological polar surface area (TPSA) is 56.7 Å². The molecule has 2 aromatic rings. The molecule has 1 saturated heterocycles.